The molecule has 1 aliphatic rings. The molecule has 166 valence electrons. The van der Waals surface area contributed by atoms with Gasteiger partial charge in [0.15, 0.2) is 6.23 Å². The number of aromatic amines is 1. The van der Waals surface area contributed by atoms with Gasteiger partial charge in [0.25, 0.3) is 5.56 Å². The van der Waals surface area contributed by atoms with E-state index >= 15 is 0 Å². The Labute approximate surface area is 159 Å². The molecule has 0 bridgehead atoms. The van der Waals surface area contributed by atoms with Crippen LogP contribution in [0.5, 0.6) is 0 Å². The third kappa shape index (κ3) is 6.73. The highest BCUT2D eigenvalue weighted by Gasteiger charge is 2.46. The normalized spacial score (nSPS) is 29.3. The average Bonchev–Trinajstić information content (AvgIpc) is 2.78. The van der Waals surface area contributed by atoms with Gasteiger partial charge in [0.05, 0.1) is 6.61 Å². The molecule has 8 N–H and O–H groups in total. The van der Waals surface area contributed by atoms with Crippen LogP contribution in [-0.4, -0.2) is 64.3 Å². The largest absolute Gasteiger partial charge is 0.480 e. The summed E-state index contributed by atoms with van der Waals surface area (Å²) in [6.07, 6.45) is -5.63. The van der Waals surface area contributed by atoms with Gasteiger partial charge in [-0.05, 0) is 0 Å². The zero-order valence-electron chi connectivity index (χ0n) is 13.9. The van der Waals surface area contributed by atoms with Gasteiger partial charge in [-0.25, -0.2) is 18.5 Å². The Bertz CT molecular complexity index is 1000. The zero-order chi connectivity index (χ0) is 22.2. The van der Waals surface area contributed by atoms with Crippen LogP contribution in [0, 0.1) is 0 Å². The van der Waals surface area contributed by atoms with Crippen LogP contribution in [0.3, 0.4) is 0 Å². The van der Waals surface area contributed by atoms with Crippen LogP contribution in [0.1, 0.15) is 6.23 Å². The first-order valence-corrected chi connectivity index (χ1v) is 12.0. The van der Waals surface area contributed by atoms with E-state index in [9.17, 15) is 38.4 Å². The van der Waals surface area contributed by atoms with Gasteiger partial charge in [-0.15, -0.1) is 4.86 Å². The first kappa shape index (κ1) is 24.2. The molecule has 1 saturated heterocycles. The number of nitrogens with one attached hydrogen (secondary N) is 2. The van der Waals surface area contributed by atoms with Gasteiger partial charge >= 0.3 is 29.0 Å². The van der Waals surface area contributed by atoms with Crippen molar-refractivity contribution < 1.29 is 57.1 Å². The predicted molar refractivity (Wildman–Crippen MR) is 89.1 cm³/mol. The number of rotatable bonds is 8. The zero-order valence-corrected chi connectivity index (χ0v) is 16.6. The fraction of sp³-hybridized carbons (Fsp3) is 0.556. The molecular formula is C9H16N3O14P3. The quantitative estimate of drug-likeness (QED) is 0.172. The molecular weight excluding hydrogens is 467 g/mol. The highest BCUT2D eigenvalue weighted by Crippen LogP contribution is 2.61. The van der Waals surface area contributed by atoms with Crippen molar-refractivity contribution >= 4 is 23.3 Å². The molecule has 2 rings (SSSR count). The van der Waals surface area contributed by atoms with Crippen molar-refractivity contribution in [1.29, 1.82) is 0 Å². The minimum Gasteiger partial charge on any atom is -0.387 e. The van der Waals surface area contributed by atoms with E-state index in [1.54, 1.807) is 0 Å². The molecule has 2 unspecified atom stereocenters. The van der Waals surface area contributed by atoms with Crippen LogP contribution in [0.4, 0.5) is 0 Å². The fourth-order valence-corrected chi connectivity index (χ4v) is 5.67. The van der Waals surface area contributed by atoms with Crippen LogP contribution >= 0.6 is 23.3 Å². The number of hydrogen-bond donors (Lipinski definition) is 8. The lowest BCUT2D eigenvalue weighted by Gasteiger charge is -2.19. The summed E-state index contributed by atoms with van der Waals surface area (Å²) in [4.78, 5) is 61.1. The van der Waals surface area contributed by atoms with Gasteiger partial charge in [-0.1, -0.05) is 0 Å². The van der Waals surface area contributed by atoms with Crippen molar-refractivity contribution in [1.82, 2.24) is 14.4 Å². The molecule has 17 nitrogen and oxygen atoms in total. The summed E-state index contributed by atoms with van der Waals surface area (Å²) in [5.41, 5.74) is -1.73. The third-order valence-electron chi connectivity index (χ3n) is 3.33. The molecule has 29 heavy (non-hydrogen) atoms. The second-order valence-corrected chi connectivity index (χ2v) is 10.4. The molecule has 0 aliphatic carbocycles. The van der Waals surface area contributed by atoms with Crippen molar-refractivity contribution in [2.45, 2.75) is 24.5 Å². The maximum Gasteiger partial charge on any atom is 0.480 e. The molecule has 1 fully saturated rings. The lowest BCUT2D eigenvalue weighted by Crippen LogP contribution is -2.37. The number of phosphoric acid groups is 1. The molecule has 20 heteroatoms. The monoisotopic (exact) mass is 483 g/mol. The van der Waals surface area contributed by atoms with E-state index in [0.29, 0.717) is 0 Å². The SMILES string of the molecule is O=c1ccn([C@@H]2O[C@H](COP(=O)(O)OP(=O)(O)NP(=O)(O)O)[C@@H](O)[C@H]2O)c(=O)[nH]1. The van der Waals surface area contributed by atoms with E-state index < -0.39 is 65.7 Å². The molecule has 1 aromatic rings. The van der Waals surface area contributed by atoms with E-state index in [1.807, 2.05) is 4.98 Å². The van der Waals surface area contributed by atoms with E-state index in [2.05, 4.69) is 8.83 Å². The van der Waals surface area contributed by atoms with Crippen LogP contribution < -0.4 is 16.1 Å². The molecule has 1 aromatic heterocycles. The van der Waals surface area contributed by atoms with Gasteiger partial charge in [-0.2, -0.15) is 4.31 Å². The Hall–Kier alpha value is -1.03. The summed E-state index contributed by atoms with van der Waals surface area (Å²) >= 11 is 0. The number of aromatic nitrogens is 2. The van der Waals surface area contributed by atoms with Crippen molar-refractivity contribution in [2.24, 2.45) is 0 Å². The number of aliphatic hydroxyl groups is 2. The molecule has 6 atom stereocenters. The van der Waals surface area contributed by atoms with E-state index in [4.69, 9.17) is 19.4 Å². The fourth-order valence-electron chi connectivity index (χ4n) is 2.24. The number of H-pyrrole nitrogens is 1. The first-order chi connectivity index (χ1) is 13.1. The molecule has 0 spiro atoms. The highest BCUT2D eigenvalue weighted by molar-refractivity contribution is 7.70. The second-order valence-electron chi connectivity index (χ2n) is 5.57. The lowest BCUT2D eigenvalue weighted by atomic mass is 10.1. The summed E-state index contributed by atoms with van der Waals surface area (Å²) in [5, 5.41) is 19.9. The van der Waals surface area contributed by atoms with Gasteiger partial charge in [-0.3, -0.25) is 18.9 Å². The summed E-state index contributed by atoms with van der Waals surface area (Å²) in [6, 6.07) is 0.927. The van der Waals surface area contributed by atoms with Crippen LogP contribution in [0.2, 0.25) is 0 Å². The molecule has 0 saturated carbocycles. The Morgan fingerprint density at radius 1 is 1.14 bits per heavy atom. The van der Waals surface area contributed by atoms with Crippen LogP contribution in [0.15, 0.2) is 21.9 Å². The Morgan fingerprint density at radius 3 is 2.31 bits per heavy atom. The summed E-state index contributed by atoms with van der Waals surface area (Å²) in [7, 11) is -16.2. The minimum atomic E-state index is -5.48. The summed E-state index contributed by atoms with van der Waals surface area (Å²) in [5.74, 6) is 0. The molecule has 0 radical (unpaired) electrons. The van der Waals surface area contributed by atoms with Gasteiger partial charge in [0.1, 0.15) is 18.3 Å². The predicted octanol–water partition coefficient (Wildman–Crippen LogP) is -2.93. The standard InChI is InChI=1S/C9H16N3O14P3/c13-5-1-2-12(9(16)10-5)8-7(15)6(14)4(25-8)3-24-29(22,23)26-28(20,21)11-27(17,18)19/h1-2,4,6-8,14-15H,3H2,(H,22,23)(H,10,13,16)(H4,11,17,18,19,20,21)/t4-,6-,7-,8-/m1/s1. The first-order valence-electron chi connectivity index (χ1n) is 7.30. The number of nitrogens with zero attached hydrogens (tertiary/aromatic N) is 1. The third-order valence-corrected chi connectivity index (χ3v) is 7.57. The number of ether oxygens (including phenoxy) is 1. The summed E-state index contributed by atoms with van der Waals surface area (Å²) in [6.45, 7) is -1.02. The summed E-state index contributed by atoms with van der Waals surface area (Å²) < 4.78 is 47.7. The van der Waals surface area contributed by atoms with Crippen molar-refractivity contribution in [3.63, 3.8) is 0 Å². The van der Waals surface area contributed by atoms with Crippen molar-refractivity contribution in [3.8, 4) is 0 Å². The lowest BCUT2D eigenvalue weighted by molar-refractivity contribution is -0.0541. The van der Waals surface area contributed by atoms with Crippen molar-refractivity contribution in [2.75, 3.05) is 6.61 Å². The number of hydrogen-bond acceptors (Lipinski definition) is 10. The Morgan fingerprint density at radius 2 is 1.76 bits per heavy atom. The Kier molecular flexibility index (Phi) is 7.20. The van der Waals surface area contributed by atoms with Gasteiger partial charge in [0, 0.05) is 12.3 Å². The Balaban J connectivity index is 2.06. The van der Waals surface area contributed by atoms with E-state index in [0.717, 1.165) is 21.7 Å². The number of phosphoric ester groups is 1. The number of aliphatic hydroxyl groups excluding tert-OH is 2. The molecule has 0 aromatic carbocycles. The average molecular weight is 483 g/mol. The van der Waals surface area contributed by atoms with Gasteiger partial charge < -0.3 is 34.5 Å². The van der Waals surface area contributed by atoms with E-state index in [-0.39, 0.29) is 0 Å². The second kappa shape index (κ2) is 8.61. The topological polar surface area (TPSA) is 267 Å². The maximum atomic E-state index is 11.7. The van der Waals surface area contributed by atoms with E-state index in [1.165, 1.54) is 0 Å². The van der Waals surface area contributed by atoms with Gasteiger partial charge in [0.2, 0.25) is 0 Å². The van der Waals surface area contributed by atoms with Crippen LogP contribution in [0.25, 0.3) is 0 Å². The highest BCUT2D eigenvalue weighted by atomic mass is 31.3. The van der Waals surface area contributed by atoms with Crippen LogP contribution in [-0.2, 0) is 27.3 Å². The minimum absolute atomic E-state index is 0.718. The molecule has 1 aliphatic heterocycles. The van der Waals surface area contributed by atoms with Crippen molar-refractivity contribution in [3.05, 3.63) is 33.1 Å². The maximum absolute atomic E-state index is 11.7. The molecule has 0 amide bonds. The molecule has 2 heterocycles. The smallest absolute Gasteiger partial charge is 0.387 e.